The number of hydrogen-bond acceptors (Lipinski definition) is 7. The van der Waals surface area contributed by atoms with Crippen molar-refractivity contribution in [1.29, 1.82) is 0 Å². The molecule has 0 saturated carbocycles. The predicted octanol–water partition coefficient (Wildman–Crippen LogP) is 3.48. The van der Waals surface area contributed by atoms with Crippen molar-refractivity contribution in [3.05, 3.63) is 71.5 Å². The Hall–Kier alpha value is -2.19. The molecule has 0 atom stereocenters. The van der Waals surface area contributed by atoms with E-state index in [9.17, 15) is 23.1 Å². The van der Waals surface area contributed by atoms with Crippen LogP contribution >= 0.6 is 45.2 Å². The summed E-state index contributed by atoms with van der Waals surface area (Å²) in [5, 5.41) is 12.3. The SMILES string of the molecule is CS(=O)(=O)Oc1ccc2c(-c3ccccc3C(=O)[O-])c3ccc(=O)c(I)c-3oc2c1I. The van der Waals surface area contributed by atoms with E-state index in [1.165, 1.54) is 18.2 Å². The third-order valence-electron chi connectivity index (χ3n) is 4.52. The molecule has 2 aromatic rings. The van der Waals surface area contributed by atoms with E-state index in [1.807, 2.05) is 45.2 Å². The van der Waals surface area contributed by atoms with Gasteiger partial charge in [-0.25, -0.2) is 0 Å². The van der Waals surface area contributed by atoms with Crippen molar-refractivity contribution in [1.82, 2.24) is 0 Å². The Morgan fingerprint density at radius 2 is 1.71 bits per heavy atom. The number of hydrogen-bond donors (Lipinski definition) is 0. The first-order valence-electron chi connectivity index (χ1n) is 8.66. The highest BCUT2D eigenvalue weighted by atomic mass is 127. The zero-order chi connectivity index (χ0) is 22.5. The molecule has 7 nitrogen and oxygen atoms in total. The number of carboxylic acids is 1. The smallest absolute Gasteiger partial charge is 0.306 e. The van der Waals surface area contributed by atoms with Gasteiger partial charge in [0.25, 0.3) is 0 Å². The van der Waals surface area contributed by atoms with Crippen LogP contribution in [-0.4, -0.2) is 20.6 Å². The molecule has 0 spiro atoms. The van der Waals surface area contributed by atoms with E-state index in [4.69, 9.17) is 8.60 Å². The number of carbonyl (C=O) groups is 1. The third kappa shape index (κ3) is 4.03. The van der Waals surface area contributed by atoms with Crippen LogP contribution in [0.3, 0.4) is 0 Å². The van der Waals surface area contributed by atoms with E-state index in [2.05, 4.69) is 0 Å². The van der Waals surface area contributed by atoms with Gasteiger partial charge in [0.05, 0.1) is 12.2 Å². The number of carbonyl (C=O) groups excluding carboxylic acids is 1. The lowest BCUT2D eigenvalue weighted by Crippen LogP contribution is -2.23. The van der Waals surface area contributed by atoms with E-state index in [0.717, 1.165) is 6.26 Å². The summed E-state index contributed by atoms with van der Waals surface area (Å²) in [4.78, 5) is 24.0. The van der Waals surface area contributed by atoms with Crippen molar-refractivity contribution in [3.63, 3.8) is 0 Å². The van der Waals surface area contributed by atoms with Crippen LogP contribution in [0.1, 0.15) is 10.4 Å². The summed E-state index contributed by atoms with van der Waals surface area (Å²) >= 11 is 3.77. The molecule has 0 N–H and O–H groups in total. The number of rotatable bonds is 4. The second-order valence-corrected chi connectivity index (χ2v) is 10.3. The molecule has 2 aliphatic rings. The van der Waals surface area contributed by atoms with E-state index < -0.39 is 16.1 Å². The molecule has 10 heteroatoms. The predicted molar refractivity (Wildman–Crippen MR) is 130 cm³/mol. The Labute approximate surface area is 203 Å². The van der Waals surface area contributed by atoms with Gasteiger partial charge in [0, 0.05) is 22.1 Å². The molecule has 0 unspecified atom stereocenters. The van der Waals surface area contributed by atoms with Crippen LogP contribution in [0.2, 0.25) is 0 Å². The monoisotopic (exact) mass is 661 g/mol. The maximum absolute atomic E-state index is 12.3. The maximum Gasteiger partial charge on any atom is 0.306 e. The van der Waals surface area contributed by atoms with Crippen LogP contribution in [0.4, 0.5) is 0 Å². The Morgan fingerprint density at radius 1 is 1.00 bits per heavy atom. The second kappa shape index (κ2) is 8.06. The Kier molecular flexibility index (Phi) is 5.72. The number of aromatic carboxylic acids is 1. The molecule has 0 fully saturated rings. The number of fused-ring (bicyclic) bond motifs is 2. The van der Waals surface area contributed by atoms with Gasteiger partial charge in [-0.2, -0.15) is 8.42 Å². The first-order chi connectivity index (χ1) is 14.6. The Morgan fingerprint density at radius 3 is 2.39 bits per heavy atom. The normalized spacial score (nSPS) is 11.7. The molecular weight excluding hydrogens is 650 g/mol. The van der Waals surface area contributed by atoms with Gasteiger partial charge in [0.2, 0.25) is 0 Å². The number of carboxylic acid groups (broad SMARTS) is 1. The van der Waals surface area contributed by atoms with Crippen LogP contribution in [0.25, 0.3) is 33.4 Å². The molecule has 1 aliphatic carbocycles. The summed E-state index contributed by atoms with van der Waals surface area (Å²) < 4.78 is 35.1. The van der Waals surface area contributed by atoms with Crippen molar-refractivity contribution in [3.8, 4) is 28.2 Å². The fourth-order valence-electron chi connectivity index (χ4n) is 3.31. The van der Waals surface area contributed by atoms with Crippen molar-refractivity contribution in [2.24, 2.45) is 0 Å². The highest BCUT2D eigenvalue weighted by molar-refractivity contribution is 14.1. The Bertz CT molecular complexity index is 1510. The minimum atomic E-state index is -3.79. The van der Waals surface area contributed by atoms with Gasteiger partial charge in [-0.05, 0) is 75.0 Å². The molecule has 158 valence electrons. The second-order valence-electron chi connectivity index (χ2n) is 6.61. The number of halogens is 2. The average molecular weight is 661 g/mol. The van der Waals surface area contributed by atoms with E-state index in [-0.39, 0.29) is 28.1 Å². The quantitative estimate of drug-likeness (QED) is 0.187. The molecule has 0 radical (unpaired) electrons. The largest absolute Gasteiger partial charge is 0.545 e. The molecular formula is C21H11I2O7S-. The van der Waals surface area contributed by atoms with Crippen molar-refractivity contribution in [2.45, 2.75) is 0 Å². The molecule has 4 rings (SSSR count). The summed E-state index contributed by atoms with van der Waals surface area (Å²) in [6.45, 7) is 0. The number of benzene rings is 3. The van der Waals surface area contributed by atoms with Crippen LogP contribution in [-0.2, 0) is 10.1 Å². The van der Waals surface area contributed by atoms with Crippen molar-refractivity contribution >= 4 is 72.2 Å². The van der Waals surface area contributed by atoms with E-state index >= 15 is 0 Å². The van der Waals surface area contributed by atoms with Crippen molar-refractivity contribution in [2.75, 3.05) is 6.26 Å². The molecule has 1 aliphatic heterocycles. The van der Waals surface area contributed by atoms with Gasteiger partial charge < -0.3 is 18.5 Å². The highest BCUT2D eigenvalue weighted by Crippen LogP contribution is 2.45. The molecule has 2 aromatic carbocycles. The van der Waals surface area contributed by atoms with Gasteiger partial charge in [0.1, 0.15) is 7.14 Å². The average Bonchev–Trinajstić information content (AvgIpc) is 2.71. The fourth-order valence-corrected chi connectivity index (χ4v) is 5.20. The summed E-state index contributed by atoms with van der Waals surface area (Å²) in [6.07, 6.45) is 0.930. The van der Waals surface area contributed by atoms with Crippen molar-refractivity contribution < 1.29 is 26.9 Å². The van der Waals surface area contributed by atoms with Gasteiger partial charge in [-0.3, -0.25) is 4.79 Å². The lowest BCUT2D eigenvalue weighted by Gasteiger charge is -2.20. The minimum Gasteiger partial charge on any atom is -0.545 e. The third-order valence-corrected chi connectivity index (χ3v) is 7.05. The summed E-state index contributed by atoms with van der Waals surface area (Å²) in [5.41, 5.74) is 1.43. The Balaban J connectivity index is 2.21. The molecule has 0 aromatic heterocycles. The molecule has 0 saturated heterocycles. The van der Waals surface area contributed by atoms with Gasteiger partial charge in [-0.15, -0.1) is 0 Å². The fraction of sp³-hybridized carbons (Fsp3) is 0.0476. The maximum atomic E-state index is 12.3. The van der Waals surface area contributed by atoms with Gasteiger partial charge >= 0.3 is 10.1 Å². The first kappa shape index (κ1) is 22.0. The molecule has 31 heavy (non-hydrogen) atoms. The lowest BCUT2D eigenvalue weighted by molar-refractivity contribution is -0.254. The van der Waals surface area contributed by atoms with Crippen LogP contribution in [0, 0.1) is 7.14 Å². The molecule has 0 bridgehead atoms. The van der Waals surface area contributed by atoms with E-state index in [1.54, 1.807) is 30.3 Å². The van der Waals surface area contributed by atoms with Crippen LogP contribution in [0.15, 0.2) is 57.7 Å². The molecule has 1 heterocycles. The standard InChI is InChI=1S/C21H12I2O7S/c1-31(27,28)30-15-9-7-13-16(10-4-2-3-5-11(10)21(25)26)12-6-8-14(24)17(22)19(12)29-20(13)18(15)23/h2-9H,1H3,(H,25,26)/p-1. The van der Waals surface area contributed by atoms with Gasteiger partial charge in [-0.1, -0.05) is 24.3 Å². The minimum absolute atomic E-state index is 0.0241. The summed E-state index contributed by atoms with van der Waals surface area (Å²) in [5.74, 6) is -1.02. The van der Waals surface area contributed by atoms with Crippen LogP contribution in [0.5, 0.6) is 5.75 Å². The summed E-state index contributed by atoms with van der Waals surface area (Å²) in [7, 11) is -3.79. The van der Waals surface area contributed by atoms with E-state index in [0.29, 0.717) is 29.2 Å². The summed E-state index contributed by atoms with van der Waals surface area (Å²) in [6, 6.07) is 12.4. The van der Waals surface area contributed by atoms with Crippen LogP contribution < -0.4 is 14.7 Å². The van der Waals surface area contributed by atoms with Gasteiger partial charge in [0.15, 0.2) is 22.5 Å². The first-order valence-corrected chi connectivity index (χ1v) is 12.6. The lowest BCUT2D eigenvalue weighted by atomic mass is 9.91. The zero-order valence-electron chi connectivity index (χ0n) is 15.6. The zero-order valence-corrected chi connectivity index (χ0v) is 20.8. The topological polar surface area (TPSA) is 114 Å². The molecule has 0 amide bonds. The highest BCUT2D eigenvalue weighted by Gasteiger charge is 2.25.